The molecule has 1 aromatic carbocycles. The highest BCUT2D eigenvalue weighted by atomic mass is 32.2. The molecule has 0 radical (unpaired) electrons. The number of hydrogen-bond acceptors (Lipinski definition) is 4. The quantitative estimate of drug-likeness (QED) is 0.441. The highest BCUT2D eigenvalue weighted by molar-refractivity contribution is 7.91. The van der Waals surface area contributed by atoms with E-state index in [0.717, 1.165) is 0 Å². The summed E-state index contributed by atoms with van der Waals surface area (Å²) in [5.74, 6) is -0.911. The molecule has 1 atom stereocenters. The van der Waals surface area contributed by atoms with Gasteiger partial charge in [0.25, 0.3) is 5.03 Å². The fourth-order valence-electron chi connectivity index (χ4n) is 4.23. The topological polar surface area (TPSA) is 127 Å². The minimum Gasteiger partial charge on any atom is -0.380 e. The van der Waals surface area contributed by atoms with Crippen molar-refractivity contribution in [1.29, 1.82) is 0 Å². The number of alkyl halides is 3. The molecule has 3 aromatic rings. The molecule has 0 unspecified atom stereocenters. The molecule has 3 rings (SSSR count). The van der Waals surface area contributed by atoms with Crippen LogP contribution in [0.4, 0.5) is 13.2 Å². The van der Waals surface area contributed by atoms with Crippen molar-refractivity contribution in [3.05, 3.63) is 59.4 Å². The van der Waals surface area contributed by atoms with E-state index in [-0.39, 0.29) is 22.0 Å². The van der Waals surface area contributed by atoms with Crippen molar-refractivity contribution in [3.8, 4) is 0 Å². The Balaban J connectivity index is 2.01. The smallest absolute Gasteiger partial charge is 0.380 e. The Hall–Kier alpha value is -2.92. The third kappa shape index (κ3) is 4.95. The summed E-state index contributed by atoms with van der Waals surface area (Å²) in [5.41, 5.74) is 1.85. The average Bonchev–Trinajstić information content (AvgIpc) is 3.13. The van der Waals surface area contributed by atoms with Crippen molar-refractivity contribution in [2.45, 2.75) is 55.8 Å². The number of aromatic amines is 2. The normalized spacial score (nSPS) is 14.8. The van der Waals surface area contributed by atoms with E-state index in [1.807, 2.05) is 0 Å². The number of aromatic nitrogens is 2. The van der Waals surface area contributed by atoms with Crippen LogP contribution < -0.4 is 10.7 Å². The van der Waals surface area contributed by atoms with Crippen LogP contribution >= 0.6 is 0 Å². The number of benzene rings is 1. The summed E-state index contributed by atoms with van der Waals surface area (Å²) in [6.45, 7) is 4.50. The van der Waals surface area contributed by atoms with Crippen LogP contribution in [-0.2, 0) is 21.7 Å². The van der Waals surface area contributed by atoms with Gasteiger partial charge in [0.15, 0.2) is 11.8 Å². The van der Waals surface area contributed by atoms with E-state index in [1.165, 1.54) is 51.2 Å². The maximum absolute atomic E-state index is 14.2. The Morgan fingerprint density at radius 1 is 1.18 bits per heavy atom. The summed E-state index contributed by atoms with van der Waals surface area (Å²) >= 11 is 0. The first-order chi connectivity index (χ1) is 15.6. The monoisotopic (exact) mass is 498 g/mol. The molecule has 2 aromatic heterocycles. The Kier molecular flexibility index (Phi) is 6.57. The van der Waals surface area contributed by atoms with Crippen LogP contribution in [0, 0.1) is 0 Å². The number of hydrogen-bond donors (Lipinski definition) is 3. The number of rotatable bonds is 8. The van der Waals surface area contributed by atoms with Gasteiger partial charge in [-0.25, -0.2) is 8.42 Å². The fraction of sp³-hybridized carbons (Fsp3) is 0.391. The first-order valence-electron chi connectivity index (χ1n) is 10.5. The number of pyridine rings is 1. The highest BCUT2D eigenvalue weighted by Crippen LogP contribution is 2.43. The van der Waals surface area contributed by atoms with Gasteiger partial charge in [-0.15, -0.1) is 0 Å². The number of fused-ring (bicyclic) bond motifs is 1. The average molecular weight is 499 g/mol. The molecule has 11 heteroatoms. The Labute approximate surface area is 195 Å². The number of aliphatic hydroxyl groups is 1. The van der Waals surface area contributed by atoms with Crippen molar-refractivity contribution in [2.24, 2.45) is 5.73 Å². The van der Waals surface area contributed by atoms with E-state index in [9.17, 15) is 31.5 Å². The van der Waals surface area contributed by atoms with Gasteiger partial charge in [0.1, 0.15) is 5.52 Å². The molecule has 0 aliphatic carbocycles. The van der Waals surface area contributed by atoms with E-state index < -0.39 is 45.8 Å². The van der Waals surface area contributed by atoms with E-state index >= 15 is 0 Å². The molecule has 0 spiro atoms. The summed E-state index contributed by atoms with van der Waals surface area (Å²) in [7, 11) is -3.54. The standard InChI is InChI=1S/C23H26F3N3O4S/c1-4-34(32,33)19-10-14-9-15(29-18(14)12-28-19)11-22(31,23(24,25)26)13-21(2,3)17-8-6-5-7-16(17)20(27)30/h5-10,12,29,31H,4,11,13H2,1-3H3,(H2,27,30)/p+1/t22-/m0/s1. The minimum absolute atomic E-state index is 0.0525. The molecule has 5 N–H and O–H groups in total. The zero-order chi connectivity index (χ0) is 25.5. The molecule has 34 heavy (non-hydrogen) atoms. The van der Waals surface area contributed by atoms with Crippen LogP contribution in [-0.4, -0.2) is 41.9 Å². The van der Waals surface area contributed by atoms with Crippen molar-refractivity contribution < 1.29 is 36.5 Å². The first kappa shape index (κ1) is 25.7. The fourth-order valence-corrected chi connectivity index (χ4v) is 5.09. The summed E-state index contributed by atoms with van der Waals surface area (Å²) in [6.07, 6.45) is -5.18. The number of nitrogens with two attached hydrogens (primary N) is 1. The van der Waals surface area contributed by atoms with Crippen LogP contribution in [0.3, 0.4) is 0 Å². The second kappa shape index (κ2) is 8.70. The van der Waals surface area contributed by atoms with Gasteiger partial charge < -0.3 is 15.8 Å². The predicted molar refractivity (Wildman–Crippen MR) is 120 cm³/mol. The van der Waals surface area contributed by atoms with Crippen LogP contribution in [0.25, 0.3) is 10.9 Å². The van der Waals surface area contributed by atoms with Gasteiger partial charge in [-0.2, -0.15) is 18.2 Å². The van der Waals surface area contributed by atoms with E-state index in [2.05, 4.69) is 9.97 Å². The summed E-state index contributed by atoms with van der Waals surface area (Å²) in [4.78, 5) is 17.3. The number of primary amides is 1. The van der Waals surface area contributed by atoms with Crippen LogP contribution in [0.5, 0.6) is 0 Å². The van der Waals surface area contributed by atoms with Crippen LogP contribution in [0.1, 0.15) is 48.8 Å². The lowest BCUT2D eigenvalue weighted by Crippen LogP contribution is -2.51. The van der Waals surface area contributed by atoms with Crippen LogP contribution in [0.2, 0.25) is 0 Å². The van der Waals surface area contributed by atoms with E-state index in [4.69, 9.17) is 5.73 Å². The maximum atomic E-state index is 14.2. The number of sulfone groups is 1. The van der Waals surface area contributed by atoms with E-state index in [0.29, 0.717) is 16.5 Å². The zero-order valence-electron chi connectivity index (χ0n) is 19.0. The lowest BCUT2D eigenvalue weighted by atomic mass is 9.72. The predicted octanol–water partition coefficient (Wildman–Crippen LogP) is 3.08. The number of carbonyl (C=O) groups is 1. The Morgan fingerprint density at radius 2 is 1.82 bits per heavy atom. The van der Waals surface area contributed by atoms with Crippen molar-refractivity contribution in [2.75, 3.05) is 5.75 Å². The van der Waals surface area contributed by atoms with Gasteiger partial charge in [0, 0.05) is 29.1 Å². The van der Waals surface area contributed by atoms with Gasteiger partial charge >= 0.3 is 6.18 Å². The largest absolute Gasteiger partial charge is 0.417 e. The summed E-state index contributed by atoms with van der Waals surface area (Å²) in [5, 5.41) is 11.2. The molecule has 0 aliphatic rings. The molecular weight excluding hydrogens is 471 g/mol. The molecule has 7 nitrogen and oxygen atoms in total. The zero-order valence-corrected chi connectivity index (χ0v) is 19.8. The molecule has 2 heterocycles. The molecule has 0 saturated heterocycles. The van der Waals surface area contributed by atoms with E-state index in [1.54, 1.807) is 12.1 Å². The number of amides is 1. The van der Waals surface area contributed by atoms with Crippen molar-refractivity contribution in [1.82, 2.24) is 4.98 Å². The second-order valence-electron chi connectivity index (χ2n) is 9.04. The SMILES string of the molecule is CCS(=O)(=O)c1cc2cc(C[C@](O)(CC(C)(C)c3ccccc3C(N)=O)C(F)(F)F)[nH]c2c[nH+]1. The third-order valence-electron chi connectivity index (χ3n) is 5.96. The Morgan fingerprint density at radius 3 is 2.41 bits per heavy atom. The molecule has 0 aliphatic heterocycles. The van der Waals surface area contributed by atoms with Gasteiger partial charge in [0.2, 0.25) is 15.7 Å². The molecule has 1 amide bonds. The molecule has 0 saturated carbocycles. The number of nitrogens with one attached hydrogen (secondary N) is 2. The van der Waals surface area contributed by atoms with Crippen molar-refractivity contribution in [3.63, 3.8) is 0 Å². The molecule has 0 bridgehead atoms. The Bertz CT molecular complexity index is 1330. The van der Waals surface area contributed by atoms with Gasteiger partial charge in [-0.3, -0.25) is 4.79 Å². The van der Waals surface area contributed by atoms with Crippen molar-refractivity contribution >= 4 is 26.6 Å². The first-order valence-corrected chi connectivity index (χ1v) is 12.2. The number of H-pyrrole nitrogens is 2. The summed E-state index contributed by atoms with van der Waals surface area (Å²) in [6, 6.07) is 8.83. The lowest BCUT2D eigenvalue weighted by Gasteiger charge is -2.38. The molecule has 184 valence electrons. The summed E-state index contributed by atoms with van der Waals surface area (Å²) < 4.78 is 66.8. The third-order valence-corrected chi connectivity index (χ3v) is 7.63. The minimum atomic E-state index is -4.99. The maximum Gasteiger partial charge on any atom is 0.417 e. The second-order valence-corrected chi connectivity index (χ2v) is 11.3. The highest BCUT2D eigenvalue weighted by Gasteiger charge is 2.56. The number of carbonyl (C=O) groups excluding carboxylic acids is 1. The number of halogens is 3. The van der Waals surface area contributed by atoms with Crippen LogP contribution in [0.15, 0.2) is 47.6 Å². The molecule has 0 fully saturated rings. The molecular formula is C23H27F3N3O4S+. The van der Waals surface area contributed by atoms with Gasteiger partial charge in [-0.1, -0.05) is 39.0 Å². The lowest BCUT2D eigenvalue weighted by molar-refractivity contribution is -0.426. The van der Waals surface area contributed by atoms with Gasteiger partial charge in [0.05, 0.1) is 5.75 Å². The van der Waals surface area contributed by atoms with Gasteiger partial charge in [-0.05, 0) is 29.5 Å².